The van der Waals surface area contributed by atoms with Gasteiger partial charge in [0.05, 0.1) is 17.4 Å². The lowest BCUT2D eigenvalue weighted by Crippen LogP contribution is -2.48. The number of aromatic nitrogens is 3. The summed E-state index contributed by atoms with van der Waals surface area (Å²) < 4.78 is 2.12. The predicted molar refractivity (Wildman–Crippen MR) is 95.2 cm³/mol. The SMILES string of the molecule is CCc1cnc(CCNC(=O)N2CC[C@H](C)[C@H](n3ccnc3)C2)s1. The molecule has 0 saturated carbocycles. The van der Waals surface area contributed by atoms with Gasteiger partial charge in [-0.1, -0.05) is 13.8 Å². The van der Waals surface area contributed by atoms with Gasteiger partial charge in [0.1, 0.15) is 0 Å². The fraction of sp³-hybridized carbons (Fsp3) is 0.588. The number of aryl methyl sites for hydroxylation is 1. The Balaban J connectivity index is 1.49. The zero-order valence-electron chi connectivity index (χ0n) is 14.3. The first-order chi connectivity index (χ1) is 11.7. The van der Waals surface area contributed by atoms with E-state index in [1.807, 2.05) is 23.6 Å². The minimum absolute atomic E-state index is 0.0271. The molecule has 3 rings (SSSR count). The zero-order valence-corrected chi connectivity index (χ0v) is 15.1. The topological polar surface area (TPSA) is 63.1 Å². The van der Waals surface area contributed by atoms with Crippen molar-refractivity contribution >= 4 is 17.4 Å². The largest absolute Gasteiger partial charge is 0.338 e. The molecule has 24 heavy (non-hydrogen) atoms. The van der Waals surface area contributed by atoms with Crippen LogP contribution in [0.5, 0.6) is 0 Å². The Kier molecular flexibility index (Phi) is 5.50. The van der Waals surface area contributed by atoms with Crippen molar-refractivity contribution in [3.63, 3.8) is 0 Å². The molecule has 2 aromatic rings. The van der Waals surface area contributed by atoms with Gasteiger partial charge >= 0.3 is 6.03 Å². The highest BCUT2D eigenvalue weighted by atomic mass is 32.1. The summed E-state index contributed by atoms with van der Waals surface area (Å²) in [7, 11) is 0. The van der Waals surface area contributed by atoms with Gasteiger partial charge in [0, 0.05) is 49.5 Å². The summed E-state index contributed by atoms with van der Waals surface area (Å²) in [6, 6.07) is 0.331. The molecule has 0 aromatic carbocycles. The molecular weight excluding hydrogens is 322 g/mol. The van der Waals surface area contributed by atoms with E-state index in [0.717, 1.165) is 37.4 Å². The van der Waals surface area contributed by atoms with Gasteiger partial charge in [0.25, 0.3) is 0 Å². The standard InChI is InChI=1S/C17H25N5OS/c1-3-14-10-20-16(24-14)4-6-19-17(23)21-8-5-13(2)15(11-21)22-9-7-18-12-22/h7,9-10,12-13,15H,3-6,8,11H2,1-2H3,(H,19,23)/t13-,15+/m0/s1. The lowest BCUT2D eigenvalue weighted by Gasteiger charge is -2.37. The van der Waals surface area contributed by atoms with Gasteiger partial charge in [0.15, 0.2) is 0 Å². The maximum absolute atomic E-state index is 12.4. The number of piperidine rings is 1. The number of likely N-dealkylation sites (tertiary alicyclic amines) is 1. The lowest BCUT2D eigenvalue weighted by atomic mass is 9.93. The van der Waals surface area contributed by atoms with E-state index < -0.39 is 0 Å². The minimum Gasteiger partial charge on any atom is -0.338 e. The van der Waals surface area contributed by atoms with Crippen molar-refractivity contribution < 1.29 is 4.79 Å². The fourth-order valence-corrected chi connectivity index (χ4v) is 3.96. The van der Waals surface area contributed by atoms with Gasteiger partial charge in [-0.2, -0.15) is 0 Å². The molecule has 0 bridgehead atoms. The highest BCUT2D eigenvalue weighted by molar-refractivity contribution is 7.11. The molecule has 1 saturated heterocycles. The molecule has 1 aliphatic rings. The molecule has 2 atom stereocenters. The quantitative estimate of drug-likeness (QED) is 0.904. The number of urea groups is 1. The first-order valence-corrected chi connectivity index (χ1v) is 9.42. The van der Waals surface area contributed by atoms with Gasteiger partial charge in [-0.15, -0.1) is 11.3 Å². The van der Waals surface area contributed by atoms with Crippen LogP contribution in [0.2, 0.25) is 0 Å². The number of nitrogens with zero attached hydrogens (tertiary/aromatic N) is 4. The molecule has 130 valence electrons. The highest BCUT2D eigenvalue weighted by Crippen LogP contribution is 2.27. The average Bonchev–Trinajstić information content (AvgIpc) is 3.26. The van der Waals surface area contributed by atoms with E-state index in [1.54, 1.807) is 17.5 Å². The number of hydrogen-bond acceptors (Lipinski definition) is 4. The number of amides is 2. The number of thiazole rings is 1. The third kappa shape index (κ3) is 3.95. The summed E-state index contributed by atoms with van der Waals surface area (Å²) >= 11 is 1.73. The molecule has 6 nitrogen and oxygen atoms in total. The number of hydrogen-bond donors (Lipinski definition) is 1. The van der Waals surface area contributed by atoms with E-state index in [1.165, 1.54) is 4.88 Å². The second kappa shape index (κ2) is 7.79. The Hall–Kier alpha value is -1.89. The Morgan fingerprint density at radius 1 is 1.50 bits per heavy atom. The number of carbonyl (C=O) groups excluding carboxylic acids is 1. The molecule has 0 aliphatic carbocycles. The Morgan fingerprint density at radius 3 is 3.08 bits per heavy atom. The monoisotopic (exact) mass is 347 g/mol. The van der Waals surface area contributed by atoms with Gasteiger partial charge in [-0.05, 0) is 18.8 Å². The van der Waals surface area contributed by atoms with Crippen LogP contribution in [0.15, 0.2) is 24.9 Å². The molecule has 2 amide bonds. The predicted octanol–water partition coefficient (Wildman–Crippen LogP) is 2.74. The van der Waals surface area contributed by atoms with Gasteiger partial charge in [-0.25, -0.2) is 14.8 Å². The van der Waals surface area contributed by atoms with E-state index in [0.29, 0.717) is 18.5 Å². The summed E-state index contributed by atoms with van der Waals surface area (Å²) in [6.45, 7) is 6.56. The van der Waals surface area contributed by atoms with Crippen LogP contribution in [0.3, 0.4) is 0 Å². The third-order valence-corrected chi connectivity index (χ3v) is 5.88. The molecule has 1 fully saturated rings. The van der Waals surface area contributed by atoms with Crippen molar-refractivity contribution in [1.82, 2.24) is 24.8 Å². The van der Waals surface area contributed by atoms with E-state index in [2.05, 4.69) is 33.7 Å². The molecule has 7 heteroatoms. The van der Waals surface area contributed by atoms with Crippen LogP contribution < -0.4 is 5.32 Å². The Labute approximate surface area is 146 Å². The van der Waals surface area contributed by atoms with Crippen LogP contribution in [0.4, 0.5) is 4.79 Å². The molecule has 1 aliphatic heterocycles. The number of imidazole rings is 1. The van der Waals surface area contributed by atoms with Crippen LogP contribution in [0.25, 0.3) is 0 Å². The van der Waals surface area contributed by atoms with Crippen molar-refractivity contribution in [1.29, 1.82) is 0 Å². The minimum atomic E-state index is 0.0271. The van der Waals surface area contributed by atoms with Crippen LogP contribution in [0, 0.1) is 5.92 Å². The van der Waals surface area contributed by atoms with Crippen molar-refractivity contribution in [3.05, 3.63) is 34.8 Å². The van der Waals surface area contributed by atoms with Crippen LogP contribution in [-0.2, 0) is 12.8 Å². The molecule has 1 N–H and O–H groups in total. The van der Waals surface area contributed by atoms with E-state index in [4.69, 9.17) is 0 Å². The fourth-order valence-electron chi connectivity index (χ4n) is 3.10. The number of carbonyl (C=O) groups is 1. The van der Waals surface area contributed by atoms with E-state index >= 15 is 0 Å². The number of rotatable bonds is 5. The maximum Gasteiger partial charge on any atom is 0.317 e. The second-order valence-electron chi connectivity index (χ2n) is 6.35. The van der Waals surface area contributed by atoms with E-state index in [-0.39, 0.29) is 6.03 Å². The normalized spacial score (nSPS) is 21.0. The van der Waals surface area contributed by atoms with Crippen LogP contribution in [-0.4, -0.2) is 45.1 Å². The Bertz CT molecular complexity index is 654. The van der Waals surface area contributed by atoms with Crippen LogP contribution in [0.1, 0.15) is 36.2 Å². The van der Waals surface area contributed by atoms with Crippen molar-refractivity contribution in [2.75, 3.05) is 19.6 Å². The highest BCUT2D eigenvalue weighted by Gasteiger charge is 2.29. The number of nitrogens with one attached hydrogen (secondary N) is 1. The Morgan fingerprint density at radius 2 is 2.38 bits per heavy atom. The molecule has 0 unspecified atom stereocenters. The first kappa shape index (κ1) is 17.0. The van der Waals surface area contributed by atoms with Crippen molar-refractivity contribution in [2.45, 2.75) is 39.2 Å². The first-order valence-electron chi connectivity index (χ1n) is 8.61. The smallest absolute Gasteiger partial charge is 0.317 e. The van der Waals surface area contributed by atoms with Gasteiger partial charge < -0.3 is 14.8 Å². The molecule has 2 aromatic heterocycles. The van der Waals surface area contributed by atoms with Crippen molar-refractivity contribution in [2.24, 2.45) is 5.92 Å². The molecule has 0 radical (unpaired) electrons. The summed E-state index contributed by atoms with van der Waals surface area (Å²) in [6.07, 6.45) is 10.4. The van der Waals surface area contributed by atoms with Crippen LogP contribution >= 0.6 is 11.3 Å². The molecule has 3 heterocycles. The van der Waals surface area contributed by atoms with E-state index in [9.17, 15) is 4.79 Å². The maximum atomic E-state index is 12.4. The molecular formula is C17H25N5OS. The molecule has 0 spiro atoms. The van der Waals surface area contributed by atoms with Crippen molar-refractivity contribution in [3.8, 4) is 0 Å². The second-order valence-corrected chi connectivity index (χ2v) is 7.54. The van der Waals surface area contributed by atoms with Gasteiger partial charge in [0.2, 0.25) is 0 Å². The van der Waals surface area contributed by atoms with Gasteiger partial charge in [-0.3, -0.25) is 0 Å². The summed E-state index contributed by atoms with van der Waals surface area (Å²) in [5, 5.41) is 4.13. The summed E-state index contributed by atoms with van der Waals surface area (Å²) in [4.78, 5) is 24.2. The lowest BCUT2D eigenvalue weighted by molar-refractivity contribution is 0.140. The average molecular weight is 347 g/mol. The zero-order chi connectivity index (χ0) is 16.9. The third-order valence-electron chi connectivity index (χ3n) is 4.68. The summed E-state index contributed by atoms with van der Waals surface area (Å²) in [5.41, 5.74) is 0. The summed E-state index contributed by atoms with van der Waals surface area (Å²) in [5.74, 6) is 0.547.